The first-order valence-electron chi connectivity index (χ1n) is 5.07. The maximum absolute atomic E-state index is 11.8. The van der Waals surface area contributed by atoms with E-state index in [0.717, 1.165) is 16.8 Å². The molecule has 0 heterocycles. The summed E-state index contributed by atoms with van der Waals surface area (Å²) in [7, 11) is 1.46. The summed E-state index contributed by atoms with van der Waals surface area (Å²) in [6, 6.07) is 5.80. The van der Waals surface area contributed by atoms with Crippen molar-refractivity contribution in [3.8, 4) is 0 Å². The fourth-order valence-electron chi connectivity index (χ4n) is 1.58. The minimum Gasteiger partial charge on any atom is -0.270 e. The van der Waals surface area contributed by atoms with Crippen LogP contribution in [0.4, 0.5) is 5.69 Å². The van der Waals surface area contributed by atoms with Crippen LogP contribution >= 0.6 is 11.6 Å². The summed E-state index contributed by atoms with van der Waals surface area (Å²) in [5.41, 5.74) is 2.72. The molecule has 0 aliphatic rings. The molecule has 4 heteroatoms. The second kappa shape index (κ2) is 5.32. The number of hydrogen-bond acceptors (Lipinski definition) is 2. The number of benzene rings is 1. The Labute approximate surface area is 101 Å². The van der Waals surface area contributed by atoms with Crippen LogP contribution < -0.4 is 5.06 Å². The Morgan fingerprint density at radius 2 is 1.88 bits per heavy atom. The fourth-order valence-corrected chi connectivity index (χ4v) is 1.67. The normalized spacial score (nSPS) is 12.3. The summed E-state index contributed by atoms with van der Waals surface area (Å²) < 4.78 is 0. The van der Waals surface area contributed by atoms with E-state index in [-0.39, 0.29) is 5.91 Å². The largest absolute Gasteiger partial charge is 0.270 e. The van der Waals surface area contributed by atoms with Gasteiger partial charge in [0.25, 0.3) is 5.91 Å². The molecule has 1 aromatic rings. The lowest BCUT2D eigenvalue weighted by Crippen LogP contribution is -2.35. The van der Waals surface area contributed by atoms with Gasteiger partial charge in [0.2, 0.25) is 0 Å². The summed E-state index contributed by atoms with van der Waals surface area (Å²) >= 11 is 5.79. The van der Waals surface area contributed by atoms with Crippen LogP contribution in [0, 0.1) is 13.8 Å². The molecule has 0 bridgehead atoms. The van der Waals surface area contributed by atoms with Gasteiger partial charge in [-0.3, -0.25) is 9.63 Å². The zero-order chi connectivity index (χ0) is 12.3. The molecule has 88 valence electrons. The molecule has 0 aromatic heterocycles. The van der Waals surface area contributed by atoms with E-state index >= 15 is 0 Å². The van der Waals surface area contributed by atoms with Crippen molar-refractivity contribution in [1.29, 1.82) is 0 Å². The molecule has 0 aliphatic carbocycles. The fraction of sp³-hybridized carbons (Fsp3) is 0.417. The van der Waals surface area contributed by atoms with E-state index in [1.807, 2.05) is 32.0 Å². The minimum absolute atomic E-state index is 0.262. The predicted molar refractivity (Wildman–Crippen MR) is 65.7 cm³/mol. The number of carbonyl (C=O) groups is 1. The van der Waals surface area contributed by atoms with E-state index in [0.29, 0.717) is 0 Å². The zero-order valence-corrected chi connectivity index (χ0v) is 10.7. The van der Waals surface area contributed by atoms with Gasteiger partial charge in [-0.15, -0.1) is 11.6 Å². The van der Waals surface area contributed by atoms with Crippen molar-refractivity contribution in [3.63, 3.8) is 0 Å². The summed E-state index contributed by atoms with van der Waals surface area (Å²) in [5.74, 6) is -0.262. The van der Waals surface area contributed by atoms with Gasteiger partial charge in [0.1, 0.15) is 5.38 Å². The van der Waals surface area contributed by atoms with Crippen LogP contribution in [0.5, 0.6) is 0 Å². The number of alkyl halides is 1. The average Bonchev–Trinajstić information content (AvgIpc) is 2.22. The van der Waals surface area contributed by atoms with Crippen molar-refractivity contribution >= 4 is 23.2 Å². The smallest absolute Gasteiger partial charge is 0.268 e. The molecule has 0 saturated heterocycles. The molecule has 1 unspecified atom stereocenters. The Bertz CT molecular complexity index is 370. The molecule has 1 aromatic carbocycles. The Hall–Kier alpha value is -1.06. The molecule has 3 nitrogen and oxygen atoms in total. The van der Waals surface area contributed by atoms with Crippen molar-refractivity contribution in [2.45, 2.75) is 26.1 Å². The van der Waals surface area contributed by atoms with Gasteiger partial charge in [-0.2, -0.15) is 5.06 Å². The molecule has 0 spiro atoms. The molecule has 1 amide bonds. The highest BCUT2D eigenvalue weighted by molar-refractivity contribution is 6.32. The van der Waals surface area contributed by atoms with Crippen molar-refractivity contribution in [2.24, 2.45) is 0 Å². The van der Waals surface area contributed by atoms with E-state index in [1.165, 1.54) is 12.2 Å². The Morgan fingerprint density at radius 3 is 2.25 bits per heavy atom. The lowest BCUT2D eigenvalue weighted by molar-refractivity contribution is -0.124. The standard InChI is InChI=1S/C12H16ClNO2/c1-8-6-5-7-9(2)11(8)14(16-4)12(15)10(3)13/h5-7,10H,1-4H3. The second-order valence-electron chi connectivity index (χ2n) is 3.67. The van der Waals surface area contributed by atoms with Crippen LogP contribution in [0.25, 0.3) is 0 Å². The number of para-hydroxylation sites is 1. The number of halogens is 1. The minimum atomic E-state index is -0.612. The summed E-state index contributed by atoms with van der Waals surface area (Å²) in [5, 5.41) is 0.640. The molecule has 16 heavy (non-hydrogen) atoms. The molecule has 0 radical (unpaired) electrons. The average molecular weight is 242 g/mol. The maximum Gasteiger partial charge on any atom is 0.268 e. The van der Waals surface area contributed by atoms with Crippen molar-refractivity contribution in [1.82, 2.24) is 0 Å². The van der Waals surface area contributed by atoms with Gasteiger partial charge >= 0.3 is 0 Å². The predicted octanol–water partition coefficient (Wildman–Crippen LogP) is 2.83. The van der Waals surface area contributed by atoms with Crippen LogP contribution in [-0.4, -0.2) is 18.4 Å². The van der Waals surface area contributed by atoms with Crippen molar-refractivity contribution in [3.05, 3.63) is 29.3 Å². The van der Waals surface area contributed by atoms with Crippen LogP contribution in [0.3, 0.4) is 0 Å². The number of carbonyl (C=O) groups excluding carboxylic acids is 1. The highest BCUT2D eigenvalue weighted by Crippen LogP contribution is 2.25. The van der Waals surface area contributed by atoms with Crippen LogP contribution in [0.1, 0.15) is 18.1 Å². The number of hydrogen-bond donors (Lipinski definition) is 0. The third kappa shape index (κ3) is 2.54. The Balaban J connectivity index is 3.18. The molecular weight excluding hydrogens is 226 g/mol. The molecular formula is C12H16ClNO2. The van der Waals surface area contributed by atoms with Gasteiger partial charge in [-0.05, 0) is 31.9 Å². The lowest BCUT2D eigenvalue weighted by atomic mass is 10.1. The van der Waals surface area contributed by atoms with Gasteiger partial charge in [0.15, 0.2) is 0 Å². The summed E-state index contributed by atoms with van der Waals surface area (Å²) in [6.07, 6.45) is 0. The molecule has 0 aliphatic heterocycles. The zero-order valence-electron chi connectivity index (χ0n) is 9.95. The first-order chi connectivity index (χ1) is 7.49. The third-order valence-corrected chi connectivity index (χ3v) is 2.55. The van der Waals surface area contributed by atoms with Gasteiger partial charge in [0, 0.05) is 0 Å². The maximum atomic E-state index is 11.8. The van der Waals surface area contributed by atoms with E-state index in [1.54, 1.807) is 6.92 Å². The molecule has 1 atom stereocenters. The van der Waals surface area contributed by atoms with Crippen LogP contribution in [0.2, 0.25) is 0 Å². The SMILES string of the molecule is CON(C(=O)C(C)Cl)c1c(C)cccc1C. The van der Waals surface area contributed by atoms with Gasteiger partial charge in [-0.1, -0.05) is 18.2 Å². The summed E-state index contributed by atoms with van der Waals surface area (Å²) in [6.45, 7) is 5.49. The Kier molecular flexibility index (Phi) is 4.33. The number of amides is 1. The van der Waals surface area contributed by atoms with Crippen molar-refractivity contribution in [2.75, 3.05) is 12.2 Å². The number of anilines is 1. The summed E-state index contributed by atoms with van der Waals surface area (Å²) in [4.78, 5) is 17.0. The second-order valence-corrected chi connectivity index (χ2v) is 4.33. The molecule has 1 rings (SSSR count). The van der Waals surface area contributed by atoms with Gasteiger partial charge < -0.3 is 0 Å². The number of aryl methyl sites for hydroxylation is 2. The number of hydroxylamine groups is 1. The van der Waals surface area contributed by atoms with E-state index in [9.17, 15) is 4.79 Å². The van der Waals surface area contributed by atoms with E-state index in [2.05, 4.69) is 0 Å². The molecule has 0 fully saturated rings. The molecule has 0 saturated carbocycles. The topological polar surface area (TPSA) is 29.5 Å². The van der Waals surface area contributed by atoms with Gasteiger partial charge in [-0.25, -0.2) is 0 Å². The number of rotatable bonds is 3. The third-order valence-electron chi connectivity index (χ3n) is 2.37. The van der Waals surface area contributed by atoms with E-state index in [4.69, 9.17) is 16.4 Å². The van der Waals surface area contributed by atoms with E-state index < -0.39 is 5.38 Å². The van der Waals surface area contributed by atoms with Gasteiger partial charge in [0.05, 0.1) is 12.8 Å². The van der Waals surface area contributed by atoms with Crippen molar-refractivity contribution < 1.29 is 9.63 Å². The van der Waals surface area contributed by atoms with Crippen LogP contribution in [0.15, 0.2) is 18.2 Å². The Morgan fingerprint density at radius 1 is 1.38 bits per heavy atom. The number of nitrogens with zero attached hydrogens (tertiary/aromatic N) is 1. The first-order valence-corrected chi connectivity index (χ1v) is 5.51. The monoisotopic (exact) mass is 241 g/mol. The first kappa shape index (κ1) is 13.0. The quantitative estimate of drug-likeness (QED) is 0.602. The highest BCUT2D eigenvalue weighted by Gasteiger charge is 2.23. The van der Waals surface area contributed by atoms with Crippen LogP contribution in [-0.2, 0) is 9.63 Å². The highest BCUT2D eigenvalue weighted by atomic mass is 35.5. The molecule has 0 N–H and O–H groups in total. The lowest BCUT2D eigenvalue weighted by Gasteiger charge is -2.24.